The Morgan fingerprint density at radius 1 is 1.00 bits per heavy atom. The van der Waals surface area contributed by atoms with Crippen molar-refractivity contribution in [3.05, 3.63) is 0 Å². The van der Waals surface area contributed by atoms with Crippen LogP contribution >= 0.6 is 0 Å². The largest absolute Gasteiger partial charge is 0.480 e. The van der Waals surface area contributed by atoms with Crippen LogP contribution in [0.15, 0.2) is 0 Å². The fourth-order valence-electron chi connectivity index (χ4n) is 0.927. The van der Waals surface area contributed by atoms with E-state index in [1.165, 1.54) is 0 Å². The molecular weight excluding hydrogens is 244 g/mol. The second-order valence-corrected chi connectivity index (χ2v) is 7.63. The molecule has 0 atom stereocenters. The van der Waals surface area contributed by atoms with Crippen LogP contribution in [0, 0.1) is 0 Å². The van der Waals surface area contributed by atoms with E-state index in [1.54, 1.807) is 6.92 Å². The number of carboxylic acid groups (broad SMARTS) is 1. The molecule has 1 N–H and O–H groups in total. The minimum Gasteiger partial charge on any atom is -0.480 e. The fraction of sp³-hybridized carbons (Fsp3) is 0.857. The standard InChI is InChI=1S/C7H14O6S2/c1-2-3-14(10,11)4-5-15(12,13)6-7(8)9/h2-6H2,1H3,(H,8,9). The van der Waals surface area contributed by atoms with E-state index in [0.29, 0.717) is 6.42 Å². The first-order chi connectivity index (χ1) is 6.68. The van der Waals surface area contributed by atoms with Crippen molar-refractivity contribution in [2.24, 2.45) is 0 Å². The zero-order valence-electron chi connectivity index (χ0n) is 8.34. The minimum absolute atomic E-state index is 0.0738. The van der Waals surface area contributed by atoms with E-state index >= 15 is 0 Å². The number of carbonyl (C=O) groups is 1. The fourth-order valence-corrected chi connectivity index (χ4v) is 4.31. The lowest BCUT2D eigenvalue weighted by molar-refractivity contribution is -0.134. The van der Waals surface area contributed by atoms with Crippen LogP contribution in [0.1, 0.15) is 13.3 Å². The molecular formula is C7H14O6S2. The van der Waals surface area contributed by atoms with Gasteiger partial charge >= 0.3 is 5.97 Å². The van der Waals surface area contributed by atoms with E-state index in [9.17, 15) is 21.6 Å². The van der Waals surface area contributed by atoms with Crippen molar-refractivity contribution >= 4 is 25.6 Å². The Morgan fingerprint density at radius 2 is 1.47 bits per heavy atom. The highest BCUT2D eigenvalue weighted by atomic mass is 32.2. The van der Waals surface area contributed by atoms with Gasteiger partial charge in [-0.25, -0.2) is 16.8 Å². The van der Waals surface area contributed by atoms with Gasteiger partial charge < -0.3 is 5.11 Å². The topological polar surface area (TPSA) is 106 Å². The monoisotopic (exact) mass is 258 g/mol. The molecule has 0 fully saturated rings. The van der Waals surface area contributed by atoms with Gasteiger partial charge in [-0.1, -0.05) is 6.92 Å². The number of carboxylic acids is 1. The van der Waals surface area contributed by atoms with Crippen LogP contribution in [0.4, 0.5) is 0 Å². The predicted molar refractivity (Wildman–Crippen MR) is 55.2 cm³/mol. The third kappa shape index (κ3) is 7.32. The smallest absolute Gasteiger partial charge is 0.318 e. The van der Waals surface area contributed by atoms with Crippen LogP contribution in [0.3, 0.4) is 0 Å². The van der Waals surface area contributed by atoms with Crippen molar-refractivity contribution in [2.75, 3.05) is 23.0 Å². The summed E-state index contributed by atoms with van der Waals surface area (Å²) >= 11 is 0. The summed E-state index contributed by atoms with van der Waals surface area (Å²) < 4.78 is 44.4. The third-order valence-electron chi connectivity index (χ3n) is 1.56. The average Bonchev–Trinajstić information content (AvgIpc) is 1.99. The lowest BCUT2D eigenvalue weighted by Crippen LogP contribution is -2.24. The van der Waals surface area contributed by atoms with E-state index in [4.69, 9.17) is 5.11 Å². The van der Waals surface area contributed by atoms with Crippen molar-refractivity contribution in [3.8, 4) is 0 Å². The van der Waals surface area contributed by atoms with Crippen molar-refractivity contribution in [1.29, 1.82) is 0 Å². The summed E-state index contributed by atoms with van der Waals surface area (Å²) in [5, 5.41) is 8.25. The minimum atomic E-state index is -3.81. The van der Waals surface area contributed by atoms with Crippen LogP contribution in [0.2, 0.25) is 0 Å². The molecule has 0 aliphatic carbocycles. The molecule has 0 aliphatic heterocycles. The molecule has 8 heteroatoms. The van der Waals surface area contributed by atoms with Crippen LogP contribution in [-0.4, -0.2) is 50.9 Å². The number of rotatable bonds is 7. The van der Waals surface area contributed by atoms with Crippen molar-refractivity contribution < 1.29 is 26.7 Å². The van der Waals surface area contributed by atoms with Crippen LogP contribution < -0.4 is 0 Å². The molecule has 0 spiro atoms. The molecule has 6 nitrogen and oxygen atoms in total. The average molecular weight is 258 g/mol. The number of sulfone groups is 2. The molecule has 0 saturated heterocycles. The van der Waals surface area contributed by atoms with Crippen molar-refractivity contribution in [3.63, 3.8) is 0 Å². The number of hydrogen-bond donors (Lipinski definition) is 1. The third-order valence-corrected chi connectivity index (χ3v) is 5.19. The van der Waals surface area contributed by atoms with E-state index in [2.05, 4.69) is 0 Å². The summed E-state index contributed by atoms with van der Waals surface area (Å²) in [4.78, 5) is 10.1. The van der Waals surface area contributed by atoms with Crippen LogP contribution in [-0.2, 0) is 24.5 Å². The SMILES string of the molecule is CCCS(=O)(=O)CCS(=O)(=O)CC(=O)O. The van der Waals surface area contributed by atoms with E-state index < -0.39 is 42.9 Å². The quantitative estimate of drug-likeness (QED) is 0.648. The zero-order valence-corrected chi connectivity index (χ0v) is 9.97. The first kappa shape index (κ1) is 14.4. The Morgan fingerprint density at radius 3 is 1.87 bits per heavy atom. The Labute approximate surface area is 89.1 Å². The summed E-state index contributed by atoms with van der Waals surface area (Å²) in [5.41, 5.74) is 0. The Bertz CT molecular complexity index is 405. The molecule has 90 valence electrons. The van der Waals surface area contributed by atoms with E-state index in [0.717, 1.165) is 0 Å². The molecule has 0 aromatic carbocycles. The Balaban J connectivity index is 4.34. The van der Waals surface area contributed by atoms with Gasteiger partial charge in [0.2, 0.25) is 0 Å². The number of aliphatic carboxylic acids is 1. The maximum Gasteiger partial charge on any atom is 0.318 e. The highest BCUT2D eigenvalue weighted by Crippen LogP contribution is 1.98. The molecule has 0 aliphatic rings. The zero-order chi connectivity index (χ0) is 12.1. The molecule has 0 unspecified atom stereocenters. The lowest BCUT2D eigenvalue weighted by atomic mass is 10.6. The van der Waals surface area contributed by atoms with Gasteiger partial charge in [0.05, 0.1) is 11.5 Å². The van der Waals surface area contributed by atoms with E-state index in [-0.39, 0.29) is 5.75 Å². The highest BCUT2D eigenvalue weighted by Gasteiger charge is 2.19. The lowest BCUT2D eigenvalue weighted by Gasteiger charge is -2.02. The normalized spacial score (nSPS) is 12.6. The maximum absolute atomic E-state index is 11.2. The summed E-state index contributed by atoms with van der Waals surface area (Å²) in [7, 11) is -7.18. The molecule has 0 amide bonds. The maximum atomic E-state index is 11.2. The van der Waals surface area contributed by atoms with Gasteiger partial charge in [-0.2, -0.15) is 0 Å². The molecule has 0 heterocycles. The molecule has 0 saturated carbocycles. The van der Waals surface area contributed by atoms with Crippen LogP contribution in [0.5, 0.6) is 0 Å². The van der Waals surface area contributed by atoms with Gasteiger partial charge in [0.1, 0.15) is 5.75 Å². The molecule has 0 bridgehead atoms. The summed E-state index contributed by atoms with van der Waals surface area (Å²) in [6.45, 7) is 1.67. The second-order valence-electron chi connectivity index (χ2n) is 3.14. The molecule has 0 radical (unpaired) electrons. The first-order valence-electron chi connectivity index (χ1n) is 4.31. The molecule has 0 aromatic rings. The molecule has 15 heavy (non-hydrogen) atoms. The Hall–Kier alpha value is -0.630. The van der Waals surface area contributed by atoms with Gasteiger partial charge in [-0.3, -0.25) is 4.79 Å². The Kier molecular flexibility index (Phi) is 5.22. The van der Waals surface area contributed by atoms with Crippen LogP contribution in [0.25, 0.3) is 0 Å². The van der Waals surface area contributed by atoms with Crippen molar-refractivity contribution in [1.82, 2.24) is 0 Å². The second kappa shape index (κ2) is 5.45. The highest BCUT2D eigenvalue weighted by molar-refractivity contribution is 7.95. The van der Waals surface area contributed by atoms with E-state index in [1.807, 2.05) is 0 Å². The van der Waals surface area contributed by atoms with Crippen molar-refractivity contribution in [2.45, 2.75) is 13.3 Å². The van der Waals surface area contributed by atoms with Gasteiger partial charge in [0.15, 0.2) is 19.7 Å². The first-order valence-corrected chi connectivity index (χ1v) is 7.95. The van der Waals surface area contributed by atoms with Gasteiger partial charge in [-0.15, -0.1) is 0 Å². The molecule has 0 rings (SSSR count). The van der Waals surface area contributed by atoms with Gasteiger partial charge in [0, 0.05) is 5.75 Å². The molecule has 0 aromatic heterocycles. The summed E-state index contributed by atoms with van der Waals surface area (Å²) in [5.74, 6) is -3.69. The number of hydrogen-bond acceptors (Lipinski definition) is 5. The van der Waals surface area contributed by atoms with Gasteiger partial charge in [-0.05, 0) is 6.42 Å². The predicted octanol–water partition coefficient (Wildman–Crippen LogP) is -0.689. The summed E-state index contributed by atoms with van der Waals surface area (Å²) in [6, 6.07) is 0. The summed E-state index contributed by atoms with van der Waals surface area (Å²) in [6.07, 6.45) is 0.418. The van der Waals surface area contributed by atoms with Gasteiger partial charge in [0.25, 0.3) is 0 Å².